The van der Waals surface area contributed by atoms with Crippen LogP contribution in [0.3, 0.4) is 0 Å². The number of amides is 1. The zero-order valence-electron chi connectivity index (χ0n) is 9.03. The monoisotopic (exact) mass is 230 g/mol. The second-order valence-electron chi connectivity index (χ2n) is 3.76. The van der Waals surface area contributed by atoms with Crippen molar-refractivity contribution in [2.24, 2.45) is 5.73 Å². The zero-order chi connectivity index (χ0) is 12.0. The third-order valence-corrected chi connectivity index (χ3v) is 2.43. The Labute approximate surface area is 93.8 Å². The highest BCUT2D eigenvalue weighted by Crippen LogP contribution is 2.01. The number of nitrogens with two attached hydrogens (primary N) is 1. The predicted octanol–water partition coefficient (Wildman–Crippen LogP) is -2.19. The van der Waals surface area contributed by atoms with Gasteiger partial charge in [0.1, 0.15) is 6.04 Å². The lowest BCUT2D eigenvalue weighted by molar-refractivity contribution is -0.142. The molecule has 2 atom stereocenters. The maximum atomic E-state index is 11.2. The molecule has 0 bridgehead atoms. The van der Waals surface area contributed by atoms with Crippen LogP contribution in [-0.4, -0.2) is 48.8 Å². The zero-order valence-corrected chi connectivity index (χ0v) is 9.03. The molecule has 92 valence electrons. The van der Waals surface area contributed by atoms with E-state index >= 15 is 0 Å². The molecule has 1 heterocycles. The van der Waals surface area contributed by atoms with Gasteiger partial charge in [0.15, 0.2) is 0 Å². The van der Waals surface area contributed by atoms with Gasteiger partial charge in [-0.1, -0.05) is 0 Å². The van der Waals surface area contributed by atoms with Gasteiger partial charge >= 0.3 is 5.97 Å². The van der Waals surface area contributed by atoms with Crippen molar-refractivity contribution in [1.82, 2.24) is 16.0 Å². The molecule has 0 saturated carbocycles. The third-order valence-electron chi connectivity index (χ3n) is 2.43. The highest BCUT2D eigenvalue weighted by Gasteiger charge is 2.25. The molecule has 7 heteroatoms. The molecule has 1 aliphatic heterocycles. The van der Waals surface area contributed by atoms with Crippen LogP contribution >= 0.6 is 0 Å². The molecule has 0 aromatic carbocycles. The standard InChI is InChI=1S/C9H18N4O3/c10-2-1-8(14)13-7(9(15)16)3-6-4-11-5-12-6/h6-7,11-12H,1-5,10H2,(H,13,14)(H,15,16)/t6?,7-/m0/s1. The second kappa shape index (κ2) is 6.41. The van der Waals surface area contributed by atoms with E-state index in [9.17, 15) is 9.59 Å². The molecule has 1 amide bonds. The smallest absolute Gasteiger partial charge is 0.326 e. The number of carboxylic acid groups (broad SMARTS) is 1. The molecule has 0 spiro atoms. The molecule has 0 radical (unpaired) electrons. The Bertz CT molecular complexity index is 253. The molecule has 1 fully saturated rings. The van der Waals surface area contributed by atoms with E-state index in [4.69, 9.17) is 10.8 Å². The molecule has 1 saturated heterocycles. The van der Waals surface area contributed by atoms with Crippen LogP contribution in [0.5, 0.6) is 0 Å². The lowest BCUT2D eigenvalue weighted by Crippen LogP contribution is -2.45. The average molecular weight is 230 g/mol. The maximum Gasteiger partial charge on any atom is 0.326 e. The van der Waals surface area contributed by atoms with E-state index in [-0.39, 0.29) is 24.9 Å². The van der Waals surface area contributed by atoms with Gasteiger partial charge in [0, 0.05) is 32.2 Å². The summed E-state index contributed by atoms with van der Waals surface area (Å²) >= 11 is 0. The lowest BCUT2D eigenvalue weighted by atomic mass is 10.1. The van der Waals surface area contributed by atoms with Crippen LogP contribution in [0.15, 0.2) is 0 Å². The van der Waals surface area contributed by atoms with E-state index in [1.165, 1.54) is 0 Å². The summed E-state index contributed by atoms with van der Waals surface area (Å²) in [6, 6.07) is -0.768. The van der Waals surface area contributed by atoms with Gasteiger partial charge in [-0.05, 0) is 6.42 Å². The first-order chi connectivity index (χ1) is 7.63. The van der Waals surface area contributed by atoms with Crippen molar-refractivity contribution in [2.75, 3.05) is 19.8 Å². The van der Waals surface area contributed by atoms with Gasteiger partial charge in [0.2, 0.25) is 5.91 Å². The summed E-state index contributed by atoms with van der Waals surface area (Å²) in [5.74, 6) is -1.33. The van der Waals surface area contributed by atoms with Crippen molar-refractivity contribution in [3.8, 4) is 0 Å². The Morgan fingerprint density at radius 1 is 1.56 bits per heavy atom. The number of aliphatic carboxylic acids is 1. The Balaban J connectivity index is 2.40. The number of carbonyl (C=O) groups excluding carboxylic acids is 1. The Hall–Kier alpha value is -1.18. The van der Waals surface area contributed by atoms with Crippen molar-refractivity contribution < 1.29 is 14.7 Å². The molecule has 1 rings (SSSR count). The van der Waals surface area contributed by atoms with E-state index in [1.807, 2.05) is 0 Å². The highest BCUT2D eigenvalue weighted by molar-refractivity contribution is 5.83. The van der Waals surface area contributed by atoms with Gasteiger partial charge < -0.3 is 26.8 Å². The summed E-state index contributed by atoms with van der Waals surface area (Å²) in [4.78, 5) is 22.2. The van der Waals surface area contributed by atoms with Crippen LogP contribution in [0.2, 0.25) is 0 Å². The van der Waals surface area contributed by atoms with Crippen LogP contribution in [0.25, 0.3) is 0 Å². The number of hydrogen-bond acceptors (Lipinski definition) is 5. The van der Waals surface area contributed by atoms with Crippen molar-refractivity contribution in [1.29, 1.82) is 0 Å². The molecular formula is C9H18N4O3. The van der Waals surface area contributed by atoms with E-state index in [0.29, 0.717) is 13.1 Å². The van der Waals surface area contributed by atoms with E-state index in [2.05, 4.69) is 16.0 Å². The number of carbonyl (C=O) groups is 2. The van der Waals surface area contributed by atoms with Crippen LogP contribution < -0.4 is 21.7 Å². The number of rotatable bonds is 6. The Morgan fingerprint density at radius 3 is 2.81 bits per heavy atom. The average Bonchev–Trinajstić information content (AvgIpc) is 2.69. The first kappa shape index (κ1) is 12.9. The fourth-order valence-electron chi connectivity index (χ4n) is 1.61. The topological polar surface area (TPSA) is 116 Å². The molecule has 1 aliphatic rings. The minimum absolute atomic E-state index is 0.0827. The van der Waals surface area contributed by atoms with Crippen molar-refractivity contribution in [2.45, 2.75) is 24.9 Å². The highest BCUT2D eigenvalue weighted by atomic mass is 16.4. The minimum atomic E-state index is -1.01. The predicted molar refractivity (Wildman–Crippen MR) is 57.6 cm³/mol. The van der Waals surface area contributed by atoms with Gasteiger partial charge in [0.25, 0.3) is 0 Å². The third kappa shape index (κ3) is 4.13. The van der Waals surface area contributed by atoms with Gasteiger partial charge in [-0.15, -0.1) is 0 Å². The molecule has 6 N–H and O–H groups in total. The van der Waals surface area contributed by atoms with Crippen molar-refractivity contribution >= 4 is 11.9 Å². The molecule has 1 unspecified atom stereocenters. The van der Waals surface area contributed by atoms with Gasteiger partial charge in [-0.25, -0.2) is 4.79 Å². The number of nitrogens with one attached hydrogen (secondary N) is 3. The molecule has 0 aliphatic carbocycles. The second-order valence-corrected chi connectivity index (χ2v) is 3.76. The summed E-state index contributed by atoms with van der Waals surface area (Å²) in [5.41, 5.74) is 5.21. The molecule has 7 nitrogen and oxygen atoms in total. The van der Waals surface area contributed by atoms with Gasteiger partial charge in [-0.3, -0.25) is 4.79 Å². The fraction of sp³-hybridized carbons (Fsp3) is 0.778. The first-order valence-corrected chi connectivity index (χ1v) is 5.30. The summed E-state index contributed by atoms with van der Waals surface area (Å²) in [6.45, 7) is 1.62. The maximum absolute atomic E-state index is 11.2. The first-order valence-electron chi connectivity index (χ1n) is 5.30. The van der Waals surface area contributed by atoms with Crippen LogP contribution in [0.1, 0.15) is 12.8 Å². The number of hydrogen-bond donors (Lipinski definition) is 5. The van der Waals surface area contributed by atoms with Crippen molar-refractivity contribution in [3.63, 3.8) is 0 Å². The van der Waals surface area contributed by atoms with E-state index in [1.54, 1.807) is 0 Å². The minimum Gasteiger partial charge on any atom is -0.480 e. The summed E-state index contributed by atoms with van der Waals surface area (Å²) < 4.78 is 0. The molecule has 0 aromatic rings. The van der Waals surface area contributed by atoms with Crippen LogP contribution in [-0.2, 0) is 9.59 Å². The normalized spacial score (nSPS) is 21.7. The molecule has 16 heavy (non-hydrogen) atoms. The van der Waals surface area contributed by atoms with E-state index < -0.39 is 12.0 Å². The van der Waals surface area contributed by atoms with Gasteiger partial charge in [-0.2, -0.15) is 0 Å². The van der Waals surface area contributed by atoms with Crippen LogP contribution in [0, 0.1) is 0 Å². The fourth-order valence-corrected chi connectivity index (χ4v) is 1.61. The Morgan fingerprint density at radius 2 is 2.31 bits per heavy atom. The largest absolute Gasteiger partial charge is 0.480 e. The summed E-state index contributed by atoms with van der Waals surface area (Å²) in [5, 5.41) is 17.6. The molecule has 0 aromatic heterocycles. The van der Waals surface area contributed by atoms with E-state index in [0.717, 1.165) is 6.54 Å². The Kier molecular flexibility index (Phi) is 5.17. The lowest BCUT2D eigenvalue weighted by Gasteiger charge is -2.17. The quantitative estimate of drug-likeness (QED) is 0.354. The summed E-state index contributed by atoms with van der Waals surface area (Å²) in [7, 11) is 0. The van der Waals surface area contributed by atoms with Crippen LogP contribution in [0.4, 0.5) is 0 Å². The SMILES string of the molecule is NCCC(=O)N[C@@H](CC1CNCN1)C(=O)O. The van der Waals surface area contributed by atoms with Crippen molar-refractivity contribution in [3.05, 3.63) is 0 Å². The number of carboxylic acids is 1. The van der Waals surface area contributed by atoms with Gasteiger partial charge in [0.05, 0.1) is 0 Å². The summed E-state index contributed by atoms with van der Waals surface area (Å²) in [6.07, 6.45) is 0.527. The molecular weight excluding hydrogens is 212 g/mol.